The summed E-state index contributed by atoms with van der Waals surface area (Å²) >= 11 is 0. The molecule has 2 atom stereocenters. The zero-order chi connectivity index (χ0) is 19.6. The van der Waals surface area contributed by atoms with E-state index in [2.05, 4.69) is 19.9 Å². The number of Topliss-reactive ketones (excluding diaryl/α,β-unsaturated/α-hetero) is 2. The molecule has 142 valence electrons. The van der Waals surface area contributed by atoms with E-state index in [9.17, 15) is 14.7 Å². The smallest absolute Gasteiger partial charge is 0.183 e. The lowest BCUT2D eigenvalue weighted by molar-refractivity contribution is -0.130. The van der Waals surface area contributed by atoms with Gasteiger partial charge in [0.15, 0.2) is 11.6 Å². The molecule has 0 aromatic carbocycles. The zero-order valence-corrected chi connectivity index (χ0v) is 16.7. The summed E-state index contributed by atoms with van der Waals surface area (Å²) in [4.78, 5) is 25.5. The molecule has 0 aromatic rings. The fourth-order valence-corrected chi connectivity index (χ4v) is 3.46. The van der Waals surface area contributed by atoms with Crippen molar-refractivity contribution in [2.45, 2.75) is 73.3 Å². The number of hydrogen-bond acceptors (Lipinski definition) is 4. The van der Waals surface area contributed by atoms with E-state index in [1.54, 1.807) is 20.8 Å². The van der Waals surface area contributed by atoms with Crippen LogP contribution < -0.4 is 0 Å². The van der Waals surface area contributed by atoms with E-state index in [0.29, 0.717) is 12.0 Å². The minimum atomic E-state index is -1.11. The fourth-order valence-electron chi connectivity index (χ4n) is 3.46. The van der Waals surface area contributed by atoms with Crippen LogP contribution in [0.25, 0.3) is 0 Å². The third-order valence-electron chi connectivity index (χ3n) is 5.19. The Morgan fingerprint density at radius 1 is 1.27 bits per heavy atom. The Hall–Kier alpha value is -2.10. The molecule has 1 aliphatic heterocycles. The molecule has 0 radical (unpaired) electrons. The van der Waals surface area contributed by atoms with Gasteiger partial charge in [-0.25, -0.2) is 0 Å². The minimum absolute atomic E-state index is 0.0106. The van der Waals surface area contributed by atoms with Crippen molar-refractivity contribution < 1.29 is 19.4 Å². The second kappa shape index (κ2) is 7.65. The molecule has 4 heteroatoms. The van der Waals surface area contributed by atoms with Crippen LogP contribution in [0.3, 0.4) is 0 Å². The quantitative estimate of drug-likeness (QED) is 0.547. The number of aliphatic hydroxyl groups is 1. The second-order valence-electron chi connectivity index (χ2n) is 7.97. The molecule has 0 aromatic heterocycles. The van der Waals surface area contributed by atoms with Gasteiger partial charge in [-0.15, -0.1) is 0 Å². The van der Waals surface area contributed by atoms with Crippen molar-refractivity contribution >= 4 is 11.6 Å². The van der Waals surface area contributed by atoms with Gasteiger partial charge in [-0.3, -0.25) is 9.59 Å². The number of carbonyl (C=O) groups excluding carboxylic acids is 2. The van der Waals surface area contributed by atoms with Crippen molar-refractivity contribution in [2.24, 2.45) is 5.41 Å². The van der Waals surface area contributed by atoms with Crippen LogP contribution in [0.5, 0.6) is 0 Å². The number of aliphatic hydroxyl groups excluding tert-OH is 1. The van der Waals surface area contributed by atoms with Gasteiger partial charge in [-0.05, 0) is 60.8 Å². The molecule has 26 heavy (non-hydrogen) atoms. The van der Waals surface area contributed by atoms with E-state index in [-0.39, 0.29) is 41.2 Å². The number of hydrogen-bond donors (Lipinski definition) is 1. The Balaban J connectivity index is 2.28. The van der Waals surface area contributed by atoms with E-state index in [1.165, 1.54) is 11.1 Å². The summed E-state index contributed by atoms with van der Waals surface area (Å²) in [6.45, 7) is 11.4. The van der Waals surface area contributed by atoms with Crippen molar-refractivity contribution in [1.29, 1.82) is 0 Å². The fraction of sp³-hybridized carbons (Fsp3) is 0.545. The molecule has 4 nitrogen and oxygen atoms in total. The molecule has 0 spiro atoms. The van der Waals surface area contributed by atoms with Gasteiger partial charge in [0.05, 0.1) is 5.41 Å². The average molecular weight is 358 g/mol. The van der Waals surface area contributed by atoms with E-state index >= 15 is 0 Å². The first-order chi connectivity index (χ1) is 12.1. The van der Waals surface area contributed by atoms with Crippen LogP contribution in [0.2, 0.25) is 0 Å². The maximum absolute atomic E-state index is 13.1. The Bertz CT molecular complexity index is 744. The van der Waals surface area contributed by atoms with Gasteiger partial charge in [0.2, 0.25) is 0 Å². The zero-order valence-electron chi connectivity index (χ0n) is 16.7. The third-order valence-corrected chi connectivity index (χ3v) is 5.19. The largest absolute Gasteiger partial charge is 0.511 e. The maximum Gasteiger partial charge on any atom is 0.183 e. The van der Waals surface area contributed by atoms with Gasteiger partial charge >= 0.3 is 0 Å². The Morgan fingerprint density at radius 3 is 2.54 bits per heavy atom. The molecule has 0 unspecified atom stereocenters. The predicted octanol–water partition coefficient (Wildman–Crippen LogP) is 5.12. The van der Waals surface area contributed by atoms with Crippen LogP contribution in [0.4, 0.5) is 0 Å². The van der Waals surface area contributed by atoms with Crippen molar-refractivity contribution in [2.75, 3.05) is 0 Å². The minimum Gasteiger partial charge on any atom is -0.511 e. The molecule has 2 rings (SSSR count). The maximum atomic E-state index is 13.1. The molecular weight excluding hydrogens is 328 g/mol. The molecule has 0 amide bonds. The monoisotopic (exact) mass is 358 g/mol. The lowest BCUT2D eigenvalue weighted by Gasteiger charge is -2.37. The lowest BCUT2D eigenvalue weighted by atomic mass is 9.70. The summed E-state index contributed by atoms with van der Waals surface area (Å²) in [5.41, 5.74) is 1.96. The summed E-state index contributed by atoms with van der Waals surface area (Å²) < 4.78 is 5.71. The van der Waals surface area contributed by atoms with E-state index in [1.807, 2.05) is 13.0 Å². The van der Waals surface area contributed by atoms with Gasteiger partial charge in [-0.2, -0.15) is 0 Å². The second-order valence-corrected chi connectivity index (χ2v) is 7.97. The van der Waals surface area contributed by atoms with Gasteiger partial charge in [-0.1, -0.05) is 23.3 Å². The summed E-state index contributed by atoms with van der Waals surface area (Å²) in [7, 11) is 0. The molecule has 0 saturated heterocycles. The van der Waals surface area contributed by atoms with Crippen molar-refractivity contribution in [3.63, 3.8) is 0 Å². The van der Waals surface area contributed by atoms with Gasteiger partial charge in [0.25, 0.3) is 0 Å². The van der Waals surface area contributed by atoms with Crippen LogP contribution in [-0.4, -0.2) is 22.8 Å². The first-order valence-corrected chi connectivity index (χ1v) is 9.26. The third kappa shape index (κ3) is 3.84. The molecule has 0 bridgehead atoms. The Morgan fingerprint density at radius 2 is 1.92 bits per heavy atom. The molecule has 1 aliphatic carbocycles. The number of allylic oxidation sites excluding steroid dienone is 7. The molecule has 0 saturated carbocycles. The van der Waals surface area contributed by atoms with Crippen LogP contribution in [0.15, 0.2) is 46.0 Å². The SMILES string of the molecule is CC(C)=CCC/C(C)=C/C[C@@]1(C)C(=O)C2=C(O[C@H](C)CC2=O)C(C)=C1O. The highest BCUT2D eigenvalue weighted by atomic mass is 16.5. The van der Waals surface area contributed by atoms with Crippen molar-refractivity contribution in [3.05, 3.63) is 46.0 Å². The van der Waals surface area contributed by atoms with Gasteiger partial charge < -0.3 is 9.84 Å². The summed E-state index contributed by atoms with van der Waals surface area (Å²) in [5.74, 6) is -0.249. The van der Waals surface area contributed by atoms with Crippen LogP contribution in [0, 0.1) is 5.41 Å². The first-order valence-electron chi connectivity index (χ1n) is 9.26. The summed E-state index contributed by atoms with van der Waals surface area (Å²) in [6, 6.07) is 0. The van der Waals surface area contributed by atoms with Crippen LogP contribution in [-0.2, 0) is 14.3 Å². The number of ketones is 2. The highest BCUT2D eigenvalue weighted by Gasteiger charge is 2.48. The van der Waals surface area contributed by atoms with Crippen LogP contribution in [0.1, 0.15) is 67.2 Å². The lowest BCUT2D eigenvalue weighted by Crippen LogP contribution is -2.41. The Kier molecular flexibility index (Phi) is 5.94. The van der Waals surface area contributed by atoms with Crippen LogP contribution >= 0.6 is 0 Å². The highest BCUT2D eigenvalue weighted by molar-refractivity contribution is 6.24. The van der Waals surface area contributed by atoms with Gasteiger partial charge in [0, 0.05) is 12.0 Å². The Labute approximate surface area is 156 Å². The number of rotatable bonds is 5. The van der Waals surface area contributed by atoms with Crippen molar-refractivity contribution in [1.82, 2.24) is 0 Å². The highest BCUT2D eigenvalue weighted by Crippen LogP contribution is 2.45. The molecule has 2 aliphatic rings. The van der Waals surface area contributed by atoms with E-state index < -0.39 is 5.41 Å². The number of carbonyl (C=O) groups is 2. The first kappa shape index (κ1) is 20.2. The van der Waals surface area contributed by atoms with Gasteiger partial charge in [0.1, 0.15) is 23.2 Å². The summed E-state index contributed by atoms with van der Waals surface area (Å²) in [6.07, 6.45) is 6.34. The number of ether oxygens (including phenoxy) is 1. The standard InChI is InChI=1S/C22H30O4/c1-13(2)8-7-9-14(3)10-11-22(6)20(24)16(5)19-18(21(22)25)17(23)12-15(4)26-19/h8,10,15,24H,7,9,11-12H2,1-6H3/b14-10+/t15-,22-/m1/s1. The van der Waals surface area contributed by atoms with Crippen molar-refractivity contribution in [3.8, 4) is 0 Å². The molecular formula is C22H30O4. The predicted molar refractivity (Wildman–Crippen MR) is 103 cm³/mol. The van der Waals surface area contributed by atoms with E-state index in [4.69, 9.17) is 4.74 Å². The molecule has 0 fully saturated rings. The topological polar surface area (TPSA) is 63.6 Å². The molecule has 1 N–H and O–H groups in total. The summed E-state index contributed by atoms with van der Waals surface area (Å²) in [5, 5.41) is 10.7. The van der Waals surface area contributed by atoms with E-state index in [0.717, 1.165) is 12.8 Å². The molecule has 1 heterocycles. The average Bonchev–Trinajstić information content (AvgIpc) is 2.55. The normalized spacial score (nSPS) is 26.7.